The monoisotopic (exact) mass is 1060 g/mol. The van der Waals surface area contributed by atoms with Crippen molar-refractivity contribution < 1.29 is 47.9 Å². The maximum Gasteiger partial charge on any atom is 0.251 e. The van der Waals surface area contributed by atoms with E-state index in [9.17, 15) is 43.2 Å². The number of unbranched alkanes of at least 4 members (excludes halogenated alkanes) is 2. The molecule has 1 saturated heterocycles. The molecule has 1 heterocycles. The molecule has 2 aromatic rings. The first kappa shape index (κ1) is 63.6. The SMILES string of the molecule is CCCCCOc1ccc(C(=O)N[C@H](CCN)C(=O)N[C@H]2CCNC(=O)[C@H](CC(C)C)NC(=O)[C@H](CCN)NC(=O)[C@H](CCN)NC(=O)[C@H](Cc3ccccc3)NC(=O)[C@@H](CC(C)C)NC(=O)[C@H](CCN)NC2=O)cc1. The van der Waals surface area contributed by atoms with E-state index in [0.717, 1.165) is 19.3 Å². The van der Waals surface area contributed by atoms with Crippen LogP contribution < -0.4 is 75.5 Å². The highest BCUT2D eigenvalue weighted by Crippen LogP contribution is 2.15. The van der Waals surface area contributed by atoms with Crippen molar-refractivity contribution in [3.8, 4) is 5.75 Å². The van der Waals surface area contributed by atoms with Gasteiger partial charge in [-0.25, -0.2) is 0 Å². The van der Waals surface area contributed by atoms with E-state index in [2.05, 4.69) is 54.8 Å². The van der Waals surface area contributed by atoms with Gasteiger partial charge in [0, 0.05) is 18.5 Å². The molecule has 8 atom stereocenters. The molecule has 1 aliphatic rings. The Morgan fingerprint density at radius 2 is 1.07 bits per heavy atom. The Morgan fingerprint density at radius 3 is 1.57 bits per heavy atom. The maximum absolute atomic E-state index is 14.4. The first-order valence-electron chi connectivity index (χ1n) is 26.6. The normalized spacial score (nSPS) is 22.2. The van der Waals surface area contributed by atoms with Gasteiger partial charge in [0.05, 0.1) is 6.61 Å². The van der Waals surface area contributed by atoms with Crippen LogP contribution in [0.1, 0.15) is 115 Å². The molecule has 23 nitrogen and oxygen atoms in total. The average molecular weight is 1060 g/mol. The van der Waals surface area contributed by atoms with Gasteiger partial charge >= 0.3 is 0 Å². The van der Waals surface area contributed by atoms with Gasteiger partial charge in [-0.3, -0.25) is 43.2 Å². The van der Waals surface area contributed by atoms with E-state index in [1.54, 1.807) is 54.6 Å². The molecule has 3 rings (SSSR count). The number of rotatable bonds is 23. The smallest absolute Gasteiger partial charge is 0.251 e. The van der Waals surface area contributed by atoms with Crippen LogP contribution in [-0.2, 0) is 44.8 Å². The van der Waals surface area contributed by atoms with Crippen LogP contribution in [0.15, 0.2) is 54.6 Å². The zero-order valence-corrected chi connectivity index (χ0v) is 44.9. The van der Waals surface area contributed by atoms with E-state index < -0.39 is 101 Å². The third-order valence-corrected chi connectivity index (χ3v) is 12.4. The highest BCUT2D eigenvalue weighted by molar-refractivity contribution is 6.00. The van der Waals surface area contributed by atoms with Gasteiger partial charge in [0.25, 0.3) is 5.91 Å². The summed E-state index contributed by atoms with van der Waals surface area (Å²) in [6, 6.07) is 4.86. The van der Waals surface area contributed by atoms with Gasteiger partial charge in [0.1, 0.15) is 54.1 Å². The van der Waals surface area contributed by atoms with E-state index >= 15 is 0 Å². The van der Waals surface area contributed by atoms with Crippen LogP contribution >= 0.6 is 0 Å². The Morgan fingerprint density at radius 1 is 0.592 bits per heavy atom. The van der Waals surface area contributed by atoms with Crippen LogP contribution in [0, 0.1) is 11.8 Å². The van der Waals surface area contributed by atoms with Crippen molar-refractivity contribution in [2.75, 3.05) is 39.3 Å². The lowest BCUT2D eigenvalue weighted by atomic mass is 10.00. The van der Waals surface area contributed by atoms with Gasteiger partial charge in [0.15, 0.2) is 0 Å². The second kappa shape index (κ2) is 34.1. The Kier molecular flexibility index (Phi) is 28.5. The van der Waals surface area contributed by atoms with Crippen molar-refractivity contribution in [1.29, 1.82) is 0 Å². The van der Waals surface area contributed by atoms with E-state index in [1.807, 2.05) is 27.7 Å². The van der Waals surface area contributed by atoms with Crippen LogP contribution in [0.2, 0.25) is 0 Å². The molecule has 0 unspecified atom stereocenters. The highest BCUT2D eigenvalue weighted by atomic mass is 16.5. The van der Waals surface area contributed by atoms with E-state index in [-0.39, 0.29) is 101 Å². The predicted octanol–water partition coefficient (Wildman–Crippen LogP) is -1.00. The Balaban J connectivity index is 2.08. The van der Waals surface area contributed by atoms with Crippen LogP contribution in [0.25, 0.3) is 0 Å². The minimum atomic E-state index is -1.46. The molecular weight excluding hydrogens is 979 g/mol. The van der Waals surface area contributed by atoms with Crippen molar-refractivity contribution in [3.63, 3.8) is 0 Å². The van der Waals surface area contributed by atoms with E-state index in [0.29, 0.717) is 17.9 Å². The Hall–Kier alpha value is -6.69. The molecule has 0 bridgehead atoms. The van der Waals surface area contributed by atoms with Crippen molar-refractivity contribution in [1.82, 2.24) is 47.9 Å². The van der Waals surface area contributed by atoms with Gasteiger partial charge in [-0.05, 0) is 119 Å². The largest absolute Gasteiger partial charge is 0.494 e. The Bertz CT molecular complexity index is 2180. The van der Waals surface area contributed by atoms with E-state index in [4.69, 9.17) is 27.7 Å². The minimum absolute atomic E-state index is 0.0359. The van der Waals surface area contributed by atoms with Crippen molar-refractivity contribution in [3.05, 3.63) is 65.7 Å². The average Bonchev–Trinajstić information content (AvgIpc) is 3.38. The standard InChI is InChI=1S/C53H85N13O10/c1-6-7-11-28-76-36-16-14-35(15-17-36)45(67)59-37(18-23-54)47(69)63-41-22-27-58-46(68)42(29-32(2)3)64-49(71)39(20-25-56)60-48(70)38(19-24-55)62-53(75)44(31-34-12-9-8-10-13-34)66-52(74)43(30-33(4)5)65-50(72)40(21-26-57)61-51(41)73/h8-10,12-17,32-33,37-44H,6-7,11,18-31,54-57H2,1-5H3,(H,58,68)(H,59,67)(H,60,70)(H,61,73)(H,62,75)(H,63,69)(H,64,71)(H,65,72)(H,66,74)/t37-,38+,39+,40+,41+,42+,43-,44+/m1/s1. The fourth-order valence-electron chi connectivity index (χ4n) is 8.33. The molecule has 0 aromatic heterocycles. The molecule has 1 aliphatic heterocycles. The summed E-state index contributed by atoms with van der Waals surface area (Å²) in [7, 11) is 0. The lowest BCUT2D eigenvalue weighted by Crippen LogP contribution is -2.61. The van der Waals surface area contributed by atoms with Crippen molar-refractivity contribution in [2.45, 2.75) is 154 Å². The summed E-state index contributed by atoms with van der Waals surface area (Å²) >= 11 is 0. The minimum Gasteiger partial charge on any atom is -0.494 e. The summed E-state index contributed by atoms with van der Waals surface area (Å²) in [5, 5.41) is 24.3. The number of hydrogen-bond donors (Lipinski definition) is 13. The molecule has 9 amide bonds. The number of nitrogens with one attached hydrogen (secondary N) is 9. The molecule has 0 radical (unpaired) electrons. The fourth-order valence-corrected chi connectivity index (χ4v) is 8.33. The molecule has 0 aliphatic carbocycles. The lowest BCUT2D eigenvalue weighted by molar-refractivity contribution is -0.136. The van der Waals surface area contributed by atoms with Crippen LogP contribution in [0.5, 0.6) is 5.75 Å². The number of hydrogen-bond acceptors (Lipinski definition) is 14. The number of benzene rings is 2. The van der Waals surface area contributed by atoms with Crippen molar-refractivity contribution in [2.24, 2.45) is 34.8 Å². The topological polar surface area (TPSA) is 375 Å². The van der Waals surface area contributed by atoms with Crippen LogP contribution in [-0.4, -0.2) is 141 Å². The number of carbonyl (C=O) groups excluding carboxylic acids is 9. The number of nitrogens with two attached hydrogens (primary N) is 4. The van der Waals surface area contributed by atoms with Gasteiger partial charge in [-0.2, -0.15) is 0 Å². The molecule has 2 aromatic carbocycles. The van der Waals surface area contributed by atoms with Gasteiger partial charge < -0.3 is 75.5 Å². The quantitative estimate of drug-likeness (QED) is 0.0594. The van der Waals surface area contributed by atoms with Gasteiger partial charge in [0.2, 0.25) is 47.3 Å². The summed E-state index contributed by atoms with van der Waals surface area (Å²) in [5.74, 6) is -6.48. The first-order chi connectivity index (χ1) is 36.3. The maximum atomic E-state index is 14.4. The Labute approximate surface area is 446 Å². The molecule has 17 N–H and O–H groups in total. The van der Waals surface area contributed by atoms with E-state index in [1.165, 1.54) is 0 Å². The molecule has 0 spiro atoms. The third-order valence-electron chi connectivity index (χ3n) is 12.4. The second-order valence-electron chi connectivity index (χ2n) is 19.9. The molecule has 422 valence electrons. The summed E-state index contributed by atoms with van der Waals surface area (Å²) in [6.45, 7) is 9.42. The van der Waals surface area contributed by atoms with Crippen molar-refractivity contribution >= 4 is 53.2 Å². The van der Waals surface area contributed by atoms with Gasteiger partial charge in [-0.15, -0.1) is 0 Å². The predicted molar refractivity (Wildman–Crippen MR) is 288 cm³/mol. The fraction of sp³-hybridized carbons (Fsp3) is 0.604. The summed E-state index contributed by atoms with van der Waals surface area (Å²) in [5.41, 5.74) is 24.6. The summed E-state index contributed by atoms with van der Waals surface area (Å²) in [6.07, 6.45) is 2.58. The second-order valence-corrected chi connectivity index (χ2v) is 19.9. The zero-order valence-electron chi connectivity index (χ0n) is 44.9. The third kappa shape index (κ3) is 22.3. The summed E-state index contributed by atoms with van der Waals surface area (Å²) < 4.78 is 5.77. The number of ether oxygens (including phenoxy) is 1. The summed E-state index contributed by atoms with van der Waals surface area (Å²) in [4.78, 5) is 127. The van der Waals surface area contributed by atoms with Crippen LogP contribution in [0.4, 0.5) is 0 Å². The molecule has 0 saturated carbocycles. The molecule has 76 heavy (non-hydrogen) atoms. The highest BCUT2D eigenvalue weighted by Gasteiger charge is 2.35. The number of carbonyl (C=O) groups is 9. The van der Waals surface area contributed by atoms with Gasteiger partial charge in [-0.1, -0.05) is 77.8 Å². The molecular formula is C53H85N13O10. The molecule has 23 heteroatoms. The number of amides is 9. The van der Waals surface area contributed by atoms with Crippen LogP contribution in [0.3, 0.4) is 0 Å². The molecule has 1 fully saturated rings. The lowest BCUT2D eigenvalue weighted by Gasteiger charge is -2.28. The first-order valence-corrected chi connectivity index (χ1v) is 26.6. The zero-order chi connectivity index (χ0) is 56.2.